The summed E-state index contributed by atoms with van der Waals surface area (Å²) in [5.41, 5.74) is 0. The Morgan fingerprint density at radius 3 is 2.43 bits per heavy atom. The molecular weight excluding hydrogens is 335 g/mol. The molecule has 8 heteroatoms. The summed E-state index contributed by atoms with van der Waals surface area (Å²) in [6.45, 7) is 4.44. The lowest BCUT2D eigenvalue weighted by molar-refractivity contribution is 0.0376. The van der Waals surface area contributed by atoms with Crippen molar-refractivity contribution in [3.8, 4) is 0 Å². The second kappa shape index (κ2) is 7.76. The van der Waals surface area contributed by atoms with Gasteiger partial charge in [-0.3, -0.25) is 4.90 Å². The minimum atomic E-state index is -3.68. The Morgan fingerprint density at radius 2 is 1.81 bits per heavy atom. The largest absolute Gasteiger partial charge is 0.379 e. The van der Waals surface area contributed by atoms with Crippen molar-refractivity contribution < 1.29 is 13.2 Å². The molecule has 2 rings (SSSR count). The highest BCUT2D eigenvalue weighted by Gasteiger charge is 2.21. The Bertz CT molecular complexity index is 555. The predicted molar refractivity (Wildman–Crippen MR) is 83.5 cm³/mol. The third kappa shape index (κ3) is 4.81. The van der Waals surface area contributed by atoms with Crippen LogP contribution in [0.15, 0.2) is 23.1 Å². The van der Waals surface area contributed by atoms with Gasteiger partial charge < -0.3 is 4.74 Å². The predicted octanol–water partition coefficient (Wildman–Crippen LogP) is 1.99. The van der Waals surface area contributed by atoms with E-state index in [4.69, 9.17) is 27.9 Å². The molecule has 1 aromatic carbocycles. The molecule has 0 saturated carbocycles. The molecule has 0 bridgehead atoms. The summed E-state index contributed by atoms with van der Waals surface area (Å²) in [4.78, 5) is 2.19. The third-order valence-electron chi connectivity index (χ3n) is 3.23. The first-order valence-electron chi connectivity index (χ1n) is 6.74. The minimum Gasteiger partial charge on any atom is -0.379 e. The highest BCUT2D eigenvalue weighted by Crippen LogP contribution is 2.28. The molecule has 0 aromatic heterocycles. The lowest BCUT2D eigenvalue weighted by Gasteiger charge is -2.26. The van der Waals surface area contributed by atoms with Crippen LogP contribution in [-0.4, -0.2) is 52.7 Å². The first-order chi connectivity index (χ1) is 10.0. The van der Waals surface area contributed by atoms with Gasteiger partial charge in [0.05, 0.1) is 23.3 Å². The van der Waals surface area contributed by atoms with Crippen molar-refractivity contribution >= 4 is 33.2 Å². The second-order valence-electron chi connectivity index (χ2n) is 4.76. The van der Waals surface area contributed by atoms with E-state index in [2.05, 4.69) is 9.62 Å². The molecule has 1 fully saturated rings. The monoisotopic (exact) mass is 352 g/mol. The van der Waals surface area contributed by atoms with Gasteiger partial charge in [-0.15, -0.1) is 0 Å². The van der Waals surface area contributed by atoms with Gasteiger partial charge in [-0.25, -0.2) is 13.1 Å². The average molecular weight is 353 g/mol. The second-order valence-corrected chi connectivity index (χ2v) is 7.27. The number of hydrogen-bond acceptors (Lipinski definition) is 4. The first kappa shape index (κ1) is 17.0. The summed E-state index contributed by atoms with van der Waals surface area (Å²) in [5.74, 6) is 0. The molecule has 0 atom stereocenters. The van der Waals surface area contributed by atoms with Gasteiger partial charge in [-0.05, 0) is 25.1 Å². The number of morpholine rings is 1. The summed E-state index contributed by atoms with van der Waals surface area (Å²) in [5, 5.41) is 0.256. The van der Waals surface area contributed by atoms with Gasteiger partial charge in [0, 0.05) is 19.6 Å². The van der Waals surface area contributed by atoms with Crippen molar-refractivity contribution in [3.63, 3.8) is 0 Å². The normalized spacial score (nSPS) is 17.0. The van der Waals surface area contributed by atoms with E-state index in [0.29, 0.717) is 6.54 Å². The van der Waals surface area contributed by atoms with Crippen molar-refractivity contribution in [1.29, 1.82) is 0 Å². The minimum absolute atomic E-state index is 0.0558. The number of nitrogens with one attached hydrogen (secondary N) is 1. The number of nitrogens with zero attached hydrogens (tertiary/aromatic N) is 1. The maximum atomic E-state index is 12.2. The van der Waals surface area contributed by atoms with Crippen molar-refractivity contribution in [1.82, 2.24) is 9.62 Å². The van der Waals surface area contributed by atoms with Crippen molar-refractivity contribution in [2.75, 3.05) is 39.4 Å². The molecule has 1 heterocycles. The molecule has 0 unspecified atom stereocenters. The zero-order chi connectivity index (χ0) is 15.3. The van der Waals surface area contributed by atoms with E-state index in [-0.39, 0.29) is 14.9 Å². The summed E-state index contributed by atoms with van der Waals surface area (Å²) in [6, 6.07) is 4.63. The molecule has 0 spiro atoms. The SMILES string of the molecule is O=S(=O)(NCCCN1CCOCC1)c1c(Cl)cccc1Cl. The summed E-state index contributed by atoms with van der Waals surface area (Å²) in [6.07, 6.45) is 0.724. The van der Waals surface area contributed by atoms with Gasteiger partial charge in [0.15, 0.2) is 0 Å². The number of sulfonamides is 1. The van der Waals surface area contributed by atoms with Gasteiger partial charge in [-0.1, -0.05) is 29.3 Å². The molecule has 0 radical (unpaired) electrons. The number of benzene rings is 1. The van der Waals surface area contributed by atoms with Crippen molar-refractivity contribution in [2.24, 2.45) is 0 Å². The van der Waals surface area contributed by atoms with E-state index in [1.54, 1.807) is 6.07 Å². The summed E-state index contributed by atoms with van der Waals surface area (Å²) < 4.78 is 32.2. The third-order valence-corrected chi connectivity index (χ3v) is 5.65. The first-order valence-corrected chi connectivity index (χ1v) is 8.98. The molecule has 0 amide bonds. The fourth-order valence-electron chi connectivity index (χ4n) is 2.15. The number of hydrogen-bond donors (Lipinski definition) is 1. The van der Waals surface area contributed by atoms with Crippen LogP contribution in [0, 0.1) is 0 Å². The Kier molecular flexibility index (Phi) is 6.28. The molecule has 1 aliphatic heterocycles. The van der Waals surface area contributed by atoms with E-state index in [1.165, 1.54) is 12.1 Å². The highest BCUT2D eigenvalue weighted by molar-refractivity contribution is 7.89. The van der Waals surface area contributed by atoms with Gasteiger partial charge >= 0.3 is 0 Å². The lowest BCUT2D eigenvalue weighted by atomic mass is 10.3. The fraction of sp³-hybridized carbons (Fsp3) is 0.538. The Hall–Kier alpha value is -0.370. The van der Waals surface area contributed by atoms with Crippen molar-refractivity contribution in [2.45, 2.75) is 11.3 Å². The highest BCUT2D eigenvalue weighted by atomic mass is 35.5. The molecular formula is C13H18Cl2N2O3S. The van der Waals surface area contributed by atoms with Crippen LogP contribution in [0.1, 0.15) is 6.42 Å². The fourth-order valence-corrected chi connectivity index (χ4v) is 4.36. The van der Waals surface area contributed by atoms with Crippen LogP contribution >= 0.6 is 23.2 Å². The van der Waals surface area contributed by atoms with E-state index in [0.717, 1.165) is 39.3 Å². The van der Waals surface area contributed by atoms with E-state index < -0.39 is 10.0 Å². The number of rotatable bonds is 6. The van der Waals surface area contributed by atoms with Gasteiger partial charge in [0.1, 0.15) is 4.90 Å². The maximum Gasteiger partial charge on any atom is 0.243 e. The van der Waals surface area contributed by atoms with Gasteiger partial charge in [0.25, 0.3) is 0 Å². The quantitative estimate of drug-likeness (QED) is 0.795. The van der Waals surface area contributed by atoms with E-state index >= 15 is 0 Å². The molecule has 5 nitrogen and oxygen atoms in total. The molecule has 1 saturated heterocycles. The molecule has 0 aliphatic carbocycles. The topological polar surface area (TPSA) is 58.6 Å². The molecule has 21 heavy (non-hydrogen) atoms. The maximum absolute atomic E-state index is 12.2. The summed E-state index contributed by atoms with van der Waals surface area (Å²) in [7, 11) is -3.68. The lowest BCUT2D eigenvalue weighted by Crippen LogP contribution is -2.38. The summed E-state index contributed by atoms with van der Waals surface area (Å²) >= 11 is 11.8. The molecule has 118 valence electrons. The zero-order valence-corrected chi connectivity index (χ0v) is 13.8. The molecule has 1 N–H and O–H groups in total. The molecule has 1 aromatic rings. The van der Waals surface area contributed by atoms with Crippen LogP contribution in [0.5, 0.6) is 0 Å². The zero-order valence-electron chi connectivity index (χ0n) is 11.5. The van der Waals surface area contributed by atoms with Crippen molar-refractivity contribution in [3.05, 3.63) is 28.2 Å². The van der Waals surface area contributed by atoms with Gasteiger partial charge in [-0.2, -0.15) is 0 Å². The number of ether oxygens (including phenoxy) is 1. The molecule has 1 aliphatic rings. The Labute approximate surface area is 135 Å². The van der Waals surface area contributed by atoms with E-state index in [1.807, 2.05) is 0 Å². The van der Waals surface area contributed by atoms with Crippen LogP contribution in [0.3, 0.4) is 0 Å². The van der Waals surface area contributed by atoms with Crippen LogP contribution in [0.2, 0.25) is 10.0 Å². The Morgan fingerprint density at radius 1 is 1.19 bits per heavy atom. The van der Waals surface area contributed by atoms with Crippen LogP contribution in [0.25, 0.3) is 0 Å². The average Bonchev–Trinajstić information content (AvgIpc) is 2.44. The smallest absolute Gasteiger partial charge is 0.243 e. The van der Waals surface area contributed by atoms with Crippen LogP contribution < -0.4 is 4.72 Å². The van der Waals surface area contributed by atoms with E-state index in [9.17, 15) is 8.42 Å². The standard InChI is InChI=1S/C13H18Cl2N2O3S/c14-11-3-1-4-12(15)13(11)21(18,19)16-5-2-6-17-7-9-20-10-8-17/h1,3-4,16H,2,5-10H2. The Balaban J connectivity index is 1.86. The van der Waals surface area contributed by atoms with Crippen LogP contribution in [0.4, 0.5) is 0 Å². The van der Waals surface area contributed by atoms with Gasteiger partial charge in [0.2, 0.25) is 10.0 Å². The van der Waals surface area contributed by atoms with Crippen LogP contribution in [-0.2, 0) is 14.8 Å². The number of halogens is 2.